The summed E-state index contributed by atoms with van der Waals surface area (Å²) in [5.41, 5.74) is 5.29. The van der Waals surface area contributed by atoms with Crippen LogP contribution in [-0.2, 0) is 38.4 Å². The van der Waals surface area contributed by atoms with Gasteiger partial charge in [-0.15, -0.1) is 0 Å². The quantitative estimate of drug-likeness (QED) is 0.0907. The smallest absolute Gasteiger partial charge is 0.326 e. The molecule has 35 heavy (non-hydrogen) atoms. The van der Waals surface area contributed by atoms with Crippen molar-refractivity contribution in [3.8, 4) is 0 Å². The maximum atomic E-state index is 12.1. The van der Waals surface area contributed by atoms with Gasteiger partial charge in [0.2, 0.25) is 17.7 Å². The molecule has 15 nitrogen and oxygen atoms in total. The number of nitrogens with one attached hydrogen (secondary N) is 3. The molecule has 0 heterocycles. The molecule has 0 saturated carbocycles. The fraction of sp³-hybridized carbons (Fsp3) is 0.600. The normalized spacial score (nSPS) is 13.9. The molecule has 0 bridgehead atoms. The average Bonchev–Trinajstić information content (AvgIpc) is 2.79. The SMILES string of the molecule is N[C@H](CCC(=O)N[C@H](C=O)CCC(=O)N[C@H](C=O)CCC(=O)N[C@@H](CCC(=O)O)C(=O)O)C(=O)O. The lowest BCUT2D eigenvalue weighted by molar-refractivity contribution is -0.143. The van der Waals surface area contributed by atoms with Gasteiger partial charge in [0.15, 0.2) is 0 Å². The Bertz CT molecular complexity index is 802. The zero-order valence-electron chi connectivity index (χ0n) is 18.8. The molecular formula is C20H30N4O11. The van der Waals surface area contributed by atoms with E-state index in [2.05, 4.69) is 16.0 Å². The van der Waals surface area contributed by atoms with Gasteiger partial charge in [-0.1, -0.05) is 0 Å². The maximum absolute atomic E-state index is 12.1. The van der Waals surface area contributed by atoms with E-state index in [4.69, 9.17) is 21.1 Å². The van der Waals surface area contributed by atoms with Crippen LogP contribution in [0.1, 0.15) is 51.4 Å². The molecular weight excluding hydrogens is 472 g/mol. The summed E-state index contributed by atoms with van der Waals surface area (Å²) in [5.74, 6) is -5.95. The first-order valence-electron chi connectivity index (χ1n) is 10.6. The molecule has 15 heteroatoms. The third kappa shape index (κ3) is 14.8. The van der Waals surface area contributed by atoms with Crippen LogP contribution in [0.15, 0.2) is 0 Å². The summed E-state index contributed by atoms with van der Waals surface area (Å²) in [4.78, 5) is 90.4. The Morgan fingerprint density at radius 2 is 1.06 bits per heavy atom. The van der Waals surface area contributed by atoms with Crippen molar-refractivity contribution in [1.29, 1.82) is 0 Å². The molecule has 0 aliphatic carbocycles. The zero-order valence-corrected chi connectivity index (χ0v) is 18.8. The number of nitrogens with two attached hydrogens (primary N) is 1. The van der Waals surface area contributed by atoms with E-state index in [0.717, 1.165) is 0 Å². The van der Waals surface area contributed by atoms with Crippen LogP contribution in [-0.4, -0.2) is 87.7 Å². The first kappa shape index (κ1) is 31.1. The van der Waals surface area contributed by atoms with Crippen LogP contribution in [0.3, 0.4) is 0 Å². The van der Waals surface area contributed by atoms with Crippen molar-refractivity contribution >= 4 is 48.2 Å². The van der Waals surface area contributed by atoms with Crippen LogP contribution in [0.5, 0.6) is 0 Å². The number of carbonyl (C=O) groups excluding carboxylic acids is 5. The molecule has 8 N–H and O–H groups in total. The van der Waals surface area contributed by atoms with Gasteiger partial charge in [-0.2, -0.15) is 0 Å². The highest BCUT2D eigenvalue weighted by atomic mass is 16.4. The summed E-state index contributed by atoms with van der Waals surface area (Å²) >= 11 is 0. The van der Waals surface area contributed by atoms with Crippen LogP contribution >= 0.6 is 0 Å². The number of carboxylic acids is 3. The van der Waals surface area contributed by atoms with Gasteiger partial charge >= 0.3 is 17.9 Å². The minimum absolute atomic E-state index is 0.109. The van der Waals surface area contributed by atoms with Gasteiger partial charge in [0.1, 0.15) is 24.7 Å². The number of carbonyl (C=O) groups is 8. The standard InChI is InChI=1S/C20H30N4O11/c21-13(19(32)33)3-7-16(28)23-11(9-25)1-5-15(27)22-12(10-26)2-6-17(29)24-14(20(34)35)4-8-18(30)31/h9-14H,1-8,21H2,(H,22,27)(H,23,28)(H,24,29)(H,30,31)(H,32,33)(H,34,35)/t11-,12-,13+,14-/m0/s1. The van der Waals surface area contributed by atoms with Crippen LogP contribution in [0, 0.1) is 0 Å². The van der Waals surface area contributed by atoms with Gasteiger partial charge in [0.25, 0.3) is 0 Å². The first-order valence-corrected chi connectivity index (χ1v) is 10.6. The third-order valence-electron chi connectivity index (χ3n) is 4.67. The van der Waals surface area contributed by atoms with E-state index in [9.17, 15) is 38.4 Å². The highest BCUT2D eigenvalue weighted by molar-refractivity contribution is 5.85. The fourth-order valence-electron chi connectivity index (χ4n) is 2.68. The second-order valence-corrected chi connectivity index (χ2v) is 7.57. The number of aldehydes is 2. The van der Waals surface area contributed by atoms with Crippen molar-refractivity contribution in [3.63, 3.8) is 0 Å². The number of amides is 3. The van der Waals surface area contributed by atoms with E-state index in [-0.39, 0.29) is 44.9 Å². The predicted molar refractivity (Wildman–Crippen MR) is 116 cm³/mol. The van der Waals surface area contributed by atoms with E-state index in [1.165, 1.54) is 0 Å². The topological polar surface area (TPSA) is 259 Å². The van der Waals surface area contributed by atoms with Gasteiger partial charge in [-0.05, 0) is 25.7 Å². The Labute approximate surface area is 199 Å². The second-order valence-electron chi connectivity index (χ2n) is 7.57. The van der Waals surface area contributed by atoms with E-state index in [1.807, 2.05) is 0 Å². The van der Waals surface area contributed by atoms with Crippen molar-refractivity contribution in [2.75, 3.05) is 0 Å². The Kier molecular flexibility index (Phi) is 14.8. The Morgan fingerprint density at radius 3 is 1.43 bits per heavy atom. The highest BCUT2D eigenvalue weighted by Gasteiger charge is 2.22. The molecule has 0 rings (SSSR count). The van der Waals surface area contributed by atoms with Crippen molar-refractivity contribution in [1.82, 2.24) is 16.0 Å². The van der Waals surface area contributed by atoms with Crippen LogP contribution in [0.2, 0.25) is 0 Å². The van der Waals surface area contributed by atoms with E-state index >= 15 is 0 Å². The van der Waals surface area contributed by atoms with Crippen molar-refractivity contribution in [2.24, 2.45) is 5.73 Å². The molecule has 0 aromatic rings. The molecule has 4 atom stereocenters. The van der Waals surface area contributed by atoms with Crippen LogP contribution in [0.4, 0.5) is 0 Å². The van der Waals surface area contributed by atoms with Gasteiger partial charge in [0, 0.05) is 25.7 Å². The largest absolute Gasteiger partial charge is 0.481 e. The van der Waals surface area contributed by atoms with Crippen molar-refractivity contribution < 1.29 is 53.7 Å². The zero-order chi connectivity index (χ0) is 27.0. The molecule has 0 aromatic carbocycles. The third-order valence-corrected chi connectivity index (χ3v) is 4.67. The maximum Gasteiger partial charge on any atom is 0.326 e. The summed E-state index contributed by atoms with van der Waals surface area (Å²) in [5, 5.41) is 33.1. The average molecular weight is 502 g/mol. The molecule has 0 saturated heterocycles. The van der Waals surface area contributed by atoms with Crippen molar-refractivity contribution in [3.05, 3.63) is 0 Å². The number of hydrogen-bond donors (Lipinski definition) is 7. The van der Waals surface area contributed by atoms with Gasteiger partial charge in [0.05, 0.1) is 12.1 Å². The molecule has 3 amide bonds. The molecule has 0 spiro atoms. The lowest BCUT2D eigenvalue weighted by Gasteiger charge is -2.16. The van der Waals surface area contributed by atoms with Crippen LogP contribution in [0.25, 0.3) is 0 Å². The Balaban J connectivity index is 4.49. The summed E-state index contributed by atoms with van der Waals surface area (Å²) in [6.07, 6.45) is -1.27. The molecule has 0 aliphatic rings. The molecule has 0 unspecified atom stereocenters. The first-order chi connectivity index (χ1) is 16.4. The number of rotatable bonds is 19. The molecule has 196 valence electrons. The molecule has 0 aliphatic heterocycles. The lowest BCUT2D eigenvalue weighted by atomic mass is 10.1. The molecule has 0 radical (unpaired) electrons. The summed E-state index contributed by atoms with van der Waals surface area (Å²) < 4.78 is 0. The second kappa shape index (κ2) is 16.7. The fourth-order valence-corrected chi connectivity index (χ4v) is 2.68. The highest BCUT2D eigenvalue weighted by Crippen LogP contribution is 2.03. The summed E-state index contributed by atoms with van der Waals surface area (Å²) in [6, 6.07) is -4.77. The Morgan fingerprint density at radius 1 is 0.629 bits per heavy atom. The van der Waals surface area contributed by atoms with E-state index in [1.54, 1.807) is 0 Å². The minimum Gasteiger partial charge on any atom is -0.481 e. The summed E-state index contributed by atoms with van der Waals surface area (Å²) in [7, 11) is 0. The van der Waals surface area contributed by atoms with Gasteiger partial charge < -0.3 is 46.6 Å². The van der Waals surface area contributed by atoms with Crippen LogP contribution < -0.4 is 21.7 Å². The molecule has 0 aromatic heterocycles. The minimum atomic E-state index is -1.42. The lowest BCUT2D eigenvalue weighted by Crippen LogP contribution is -2.42. The number of carboxylic acid groups (broad SMARTS) is 3. The molecule has 0 fully saturated rings. The monoisotopic (exact) mass is 502 g/mol. The van der Waals surface area contributed by atoms with E-state index < -0.39 is 66.2 Å². The van der Waals surface area contributed by atoms with Gasteiger partial charge in [-0.3, -0.25) is 24.0 Å². The summed E-state index contributed by atoms with van der Waals surface area (Å²) in [6.45, 7) is 0. The van der Waals surface area contributed by atoms with Gasteiger partial charge in [-0.25, -0.2) is 4.79 Å². The number of hydrogen-bond acceptors (Lipinski definition) is 9. The Hall–Kier alpha value is -3.88. The van der Waals surface area contributed by atoms with Crippen molar-refractivity contribution in [2.45, 2.75) is 75.5 Å². The van der Waals surface area contributed by atoms with E-state index in [0.29, 0.717) is 12.6 Å². The predicted octanol–water partition coefficient (Wildman–Crippen LogP) is -2.46. The number of aliphatic carboxylic acids is 3.